The van der Waals surface area contributed by atoms with E-state index in [0.717, 1.165) is 34.2 Å². The van der Waals surface area contributed by atoms with Crippen LogP contribution in [-0.4, -0.2) is 40.5 Å². The third-order valence-corrected chi connectivity index (χ3v) is 7.71. The van der Waals surface area contributed by atoms with Crippen molar-refractivity contribution in [3.63, 3.8) is 0 Å². The molecule has 9 heteroatoms. The molecule has 40 heavy (non-hydrogen) atoms. The zero-order valence-electron chi connectivity index (χ0n) is 21.7. The molecule has 2 atom stereocenters. The summed E-state index contributed by atoms with van der Waals surface area (Å²) in [5.41, 5.74) is 5.24. The van der Waals surface area contributed by atoms with Crippen molar-refractivity contribution in [2.75, 3.05) is 6.54 Å². The Kier molecular flexibility index (Phi) is 7.65. The Hall–Kier alpha value is -4.14. The third-order valence-electron chi connectivity index (χ3n) is 7.71. The number of nitrogens with zero attached hydrogens (tertiary/aromatic N) is 1. The van der Waals surface area contributed by atoms with Crippen molar-refractivity contribution in [1.82, 2.24) is 10.2 Å². The summed E-state index contributed by atoms with van der Waals surface area (Å²) in [6.07, 6.45) is -5.03. The largest absolute Gasteiger partial charge is 0.478 e. The minimum absolute atomic E-state index is 0.0604. The quantitative estimate of drug-likeness (QED) is 0.377. The molecule has 3 aromatic carbocycles. The molecule has 0 saturated heterocycles. The molecule has 0 aromatic heterocycles. The lowest BCUT2D eigenvalue weighted by molar-refractivity contribution is -0.149. The zero-order valence-corrected chi connectivity index (χ0v) is 21.7. The van der Waals surface area contributed by atoms with Gasteiger partial charge in [0.1, 0.15) is 0 Å². The Balaban J connectivity index is 1.38. The fourth-order valence-corrected chi connectivity index (χ4v) is 5.48. The van der Waals surface area contributed by atoms with Gasteiger partial charge in [-0.15, -0.1) is 0 Å². The number of carbonyl (C=O) groups excluding carboxylic acids is 2. The molecule has 208 valence electrons. The Morgan fingerprint density at radius 2 is 1.75 bits per heavy atom. The number of hydrogen-bond acceptors (Lipinski definition) is 3. The van der Waals surface area contributed by atoms with E-state index < -0.39 is 30.9 Å². The number of carboxylic acids is 1. The van der Waals surface area contributed by atoms with E-state index in [1.807, 2.05) is 42.5 Å². The molecule has 1 aliphatic carbocycles. The topological polar surface area (TPSA) is 86.7 Å². The number of halogens is 3. The van der Waals surface area contributed by atoms with Crippen LogP contribution in [0.15, 0.2) is 66.7 Å². The Morgan fingerprint density at radius 3 is 2.48 bits per heavy atom. The number of benzene rings is 3. The lowest BCUT2D eigenvalue weighted by Crippen LogP contribution is -2.37. The smallest absolute Gasteiger partial charge is 0.389 e. The number of carboxylic acid groups (broad SMARTS) is 1. The molecule has 2 unspecified atom stereocenters. The van der Waals surface area contributed by atoms with Gasteiger partial charge in [-0.2, -0.15) is 13.2 Å². The van der Waals surface area contributed by atoms with Crippen LogP contribution in [0.1, 0.15) is 57.8 Å². The Bertz CT molecular complexity index is 1440. The van der Waals surface area contributed by atoms with E-state index in [-0.39, 0.29) is 42.9 Å². The minimum atomic E-state index is -4.42. The van der Waals surface area contributed by atoms with E-state index in [9.17, 15) is 32.7 Å². The monoisotopic (exact) mass is 550 g/mol. The molecule has 2 aliphatic rings. The van der Waals surface area contributed by atoms with Crippen LogP contribution in [0.3, 0.4) is 0 Å². The van der Waals surface area contributed by atoms with Crippen molar-refractivity contribution in [2.45, 2.75) is 50.9 Å². The summed E-state index contributed by atoms with van der Waals surface area (Å²) in [6.45, 7) is 0.602. The molecule has 0 spiro atoms. The van der Waals surface area contributed by atoms with E-state index in [1.54, 1.807) is 18.2 Å². The number of aromatic carboxylic acids is 1. The number of alkyl halides is 3. The molecule has 0 radical (unpaired) electrons. The molecule has 1 heterocycles. The van der Waals surface area contributed by atoms with Crippen molar-refractivity contribution in [3.05, 3.63) is 94.5 Å². The summed E-state index contributed by atoms with van der Waals surface area (Å²) in [7, 11) is 0. The predicted octanol–water partition coefficient (Wildman–Crippen LogP) is 5.70. The first-order valence-electron chi connectivity index (χ1n) is 13.3. The lowest BCUT2D eigenvalue weighted by atomic mass is 9.87. The number of nitrogens with one attached hydrogen (secondary N) is 1. The molecular weight excluding hydrogens is 521 g/mol. The maximum Gasteiger partial charge on any atom is 0.389 e. The van der Waals surface area contributed by atoms with Crippen LogP contribution in [0.5, 0.6) is 0 Å². The highest BCUT2D eigenvalue weighted by Crippen LogP contribution is 2.47. The average Bonchev–Trinajstić information content (AvgIpc) is 3.75. The molecule has 1 saturated carbocycles. The van der Waals surface area contributed by atoms with Crippen LogP contribution in [0.4, 0.5) is 13.2 Å². The van der Waals surface area contributed by atoms with Gasteiger partial charge in [0.05, 0.1) is 12.0 Å². The average molecular weight is 551 g/mol. The Morgan fingerprint density at radius 1 is 0.975 bits per heavy atom. The second-order valence-electron chi connectivity index (χ2n) is 10.4. The van der Waals surface area contributed by atoms with Gasteiger partial charge >= 0.3 is 12.1 Å². The summed E-state index contributed by atoms with van der Waals surface area (Å²) in [5.74, 6) is -1.61. The second-order valence-corrected chi connectivity index (χ2v) is 10.4. The first kappa shape index (κ1) is 27.4. The normalized spacial score (nSPS) is 18.1. The van der Waals surface area contributed by atoms with Crippen molar-refractivity contribution in [2.24, 2.45) is 5.92 Å². The van der Waals surface area contributed by atoms with Gasteiger partial charge in [-0.25, -0.2) is 4.79 Å². The molecule has 1 aliphatic heterocycles. The first-order chi connectivity index (χ1) is 19.1. The Labute approximate surface area is 229 Å². The second kappa shape index (κ2) is 11.2. The summed E-state index contributed by atoms with van der Waals surface area (Å²) < 4.78 is 38.2. The first-order valence-corrected chi connectivity index (χ1v) is 13.3. The van der Waals surface area contributed by atoms with Crippen LogP contribution < -0.4 is 5.32 Å². The summed E-state index contributed by atoms with van der Waals surface area (Å²) in [5, 5.41) is 12.5. The van der Waals surface area contributed by atoms with Gasteiger partial charge in [0.25, 0.3) is 0 Å². The summed E-state index contributed by atoms with van der Waals surface area (Å²) in [4.78, 5) is 38.6. The van der Waals surface area contributed by atoms with Crippen molar-refractivity contribution < 1.29 is 32.7 Å². The maximum atomic E-state index is 12.9. The van der Waals surface area contributed by atoms with Gasteiger partial charge in [-0.05, 0) is 64.3 Å². The van der Waals surface area contributed by atoms with Crippen molar-refractivity contribution in [1.29, 1.82) is 0 Å². The van der Waals surface area contributed by atoms with Crippen LogP contribution in [0, 0.1) is 5.92 Å². The van der Waals surface area contributed by atoms with Gasteiger partial charge in [-0.1, -0.05) is 54.6 Å². The number of rotatable bonds is 8. The van der Waals surface area contributed by atoms with Crippen LogP contribution in [-0.2, 0) is 29.1 Å². The van der Waals surface area contributed by atoms with E-state index >= 15 is 0 Å². The molecule has 2 amide bonds. The zero-order chi connectivity index (χ0) is 28.4. The third kappa shape index (κ3) is 6.19. The van der Waals surface area contributed by atoms with Gasteiger partial charge < -0.3 is 15.3 Å². The van der Waals surface area contributed by atoms with E-state index in [2.05, 4.69) is 5.32 Å². The molecule has 6 nitrogen and oxygen atoms in total. The minimum Gasteiger partial charge on any atom is -0.478 e. The molecule has 1 fully saturated rings. The van der Waals surface area contributed by atoms with Crippen LogP contribution in [0.2, 0.25) is 0 Å². The number of hydrogen-bond donors (Lipinski definition) is 2. The molecule has 2 N–H and O–H groups in total. The molecule has 0 bridgehead atoms. The van der Waals surface area contributed by atoms with Gasteiger partial charge in [0, 0.05) is 32.0 Å². The fraction of sp³-hybridized carbons (Fsp3) is 0.323. The van der Waals surface area contributed by atoms with Gasteiger partial charge in [0.2, 0.25) is 11.8 Å². The lowest BCUT2D eigenvalue weighted by Gasteiger charge is -2.32. The predicted molar refractivity (Wildman–Crippen MR) is 142 cm³/mol. The SMILES string of the molecule is O=C(O)c1cccc(-c2ccc(CNC(=O)C3CC3c3ccccc3)c3c2CCN(C(=O)CCC(F)(F)F)C3)c1. The number of carbonyl (C=O) groups is 3. The number of amides is 2. The van der Waals surface area contributed by atoms with E-state index in [1.165, 1.54) is 11.0 Å². The standard InChI is InChI=1S/C31H29F3N2O4/c32-31(33,34)13-11-28(37)36-14-12-24-23(20-7-4-8-21(15-20)30(39)40)10-9-22(27(24)18-36)17-35-29(38)26-16-25(26)19-5-2-1-3-6-19/h1-10,15,25-26H,11-14,16-18H2,(H,35,38)(H,39,40). The van der Waals surface area contributed by atoms with Crippen LogP contribution >= 0.6 is 0 Å². The molecule has 3 aromatic rings. The van der Waals surface area contributed by atoms with E-state index in [4.69, 9.17) is 0 Å². The highest BCUT2D eigenvalue weighted by Gasteiger charge is 2.43. The van der Waals surface area contributed by atoms with E-state index in [0.29, 0.717) is 12.0 Å². The summed E-state index contributed by atoms with van der Waals surface area (Å²) in [6, 6.07) is 20.1. The van der Waals surface area contributed by atoms with Crippen molar-refractivity contribution in [3.8, 4) is 11.1 Å². The maximum absolute atomic E-state index is 12.9. The van der Waals surface area contributed by atoms with Crippen molar-refractivity contribution >= 4 is 17.8 Å². The molecule has 5 rings (SSSR count). The fourth-order valence-electron chi connectivity index (χ4n) is 5.48. The highest BCUT2D eigenvalue weighted by molar-refractivity contribution is 5.90. The van der Waals surface area contributed by atoms with Gasteiger partial charge in [-0.3, -0.25) is 9.59 Å². The van der Waals surface area contributed by atoms with Gasteiger partial charge in [0.15, 0.2) is 0 Å². The number of fused-ring (bicyclic) bond motifs is 1. The highest BCUT2D eigenvalue weighted by atomic mass is 19.4. The summed E-state index contributed by atoms with van der Waals surface area (Å²) >= 11 is 0. The van der Waals surface area contributed by atoms with Crippen LogP contribution in [0.25, 0.3) is 11.1 Å². The molecular formula is C31H29F3N2O4.